The van der Waals surface area contributed by atoms with Gasteiger partial charge in [0.2, 0.25) is 5.91 Å². The smallest absolute Gasteiger partial charge is 0.251 e. The fraction of sp³-hybridized carbons (Fsp3) is 0.276. The lowest BCUT2D eigenvalue weighted by atomic mass is 9.57. The molecule has 0 aromatic heterocycles. The molecule has 2 saturated heterocycles. The molecule has 2 fully saturated rings. The van der Waals surface area contributed by atoms with Crippen molar-refractivity contribution in [3.8, 4) is 0 Å². The predicted octanol–water partition coefficient (Wildman–Crippen LogP) is 5.97. The maximum Gasteiger partial charge on any atom is 0.251 e. The van der Waals surface area contributed by atoms with E-state index in [1.165, 1.54) is 6.07 Å². The van der Waals surface area contributed by atoms with Crippen LogP contribution in [0.3, 0.4) is 0 Å². The van der Waals surface area contributed by atoms with Crippen LogP contribution in [0.2, 0.25) is 15.1 Å². The maximum atomic E-state index is 14.6. The number of anilines is 2. The Morgan fingerprint density at radius 3 is 2.53 bits per heavy atom. The third-order valence-electron chi connectivity index (χ3n) is 8.78. The number of nitrogens with zero attached hydrogens (tertiary/aromatic N) is 1. The van der Waals surface area contributed by atoms with Gasteiger partial charge in [0, 0.05) is 27.9 Å². The number of halogens is 3. The number of para-hydroxylation sites is 1. The molecule has 0 aliphatic carbocycles. The molecule has 38 heavy (non-hydrogen) atoms. The molecule has 9 heteroatoms. The minimum Gasteiger partial charge on any atom is -0.325 e. The number of carbonyl (C=O) groups excluding carboxylic acids is 3. The second-order valence-electron chi connectivity index (χ2n) is 10.5. The zero-order valence-corrected chi connectivity index (χ0v) is 22.5. The minimum atomic E-state index is -1.55. The minimum absolute atomic E-state index is 0.213. The summed E-state index contributed by atoms with van der Waals surface area (Å²) in [4.78, 5) is 45.7. The first-order valence-electron chi connectivity index (χ1n) is 12.5. The van der Waals surface area contributed by atoms with Gasteiger partial charge >= 0.3 is 0 Å². The van der Waals surface area contributed by atoms with E-state index in [1.807, 2.05) is 37.3 Å². The number of amides is 2. The molecule has 3 aromatic carbocycles. The lowest BCUT2D eigenvalue weighted by Crippen LogP contribution is -2.62. The summed E-state index contributed by atoms with van der Waals surface area (Å²) in [6.07, 6.45) is 1.44. The van der Waals surface area contributed by atoms with Gasteiger partial charge in [-0.1, -0.05) is 59.1 Å². The van der Waals surface area contributed by atoms with Gasteiger partial charge in [-0.3, -0.25) is 19.3 Å². The van der Waals surface area contributed by atoms with Crippen LogP contribution in [-0.4, -0.2) is 35.1 Å². The summed E-state index contributed by atoms with van der Waals surface area (Å²) in [5, 5.41) is 7.06. The highest BCUT2D eigenvalue weighted by Crippen LogP contribution is 2.68. The average molecular weight is 567 g/mol. The van der Waals surface area contributed by atoms with Gasteiger partial charge in [-0.05, 0) is 67.8 Å². The van der Waals surface area contributed by atoms with Crippen LogP contribution >= 0.6 is 34.8 Å². The zero-order chi connectivity index (χ0) is 26.6. The Morgan fingerprint density at radius 2 is 1.74 bits per heavy atom. The molecule has 0 radical (unpaired) electrons. The Hall–Kier alpha value is -2.90. The molecule has 6 nitrogen and oxygen atoms in total. The number of Topliss-reactive ketones (excluding diaryl/α,β-unsaturated/α-hetero) is 1. The molecule has 0 unspecified atom stereocenters. The summed E-state index contributed by atoms with van der Waals surface area (Å²) in [5.41, 5.74) is 0.448. The van der Waals surface area contributed by atoms with Crippen molar-refractivity contribution in [2.24, 2.45) is 5.92 Å². The number of hydrogen-bond acceptors (Lipinski definition) is 4. The van der Waals surface area contributed by atoms with Crippen molar-refractivity contribution in [2.45, 2.75) is 36.8 Å². The zero-order valence-electron chi connectivity index (χ0n) is 20.3. The van der Waals surface area contributed by atoms with E-state index in [0.29, 0.717) is 45.5 Å². The number of rotatable bonds is 2. The fourth-order valence-electron chi connectivity index (χ4n) is 7.63. The number of ketones is 1. The van der Waals surface area contributed by atoms with E-state index in [2.05, 4.69) is 15.5 Å². The number of aryl methyl sites for hydroxylation is 1. The Kier molecular flexibility index (Phi) is 5.12. The maximum absolute atomic E-state index is 14.6. The van der Waals surface area contributed by atoms with Crippen molar-refractivity contribution >= 4 is 63.8 Å². The molecule has 0 bridgehead atoms. The second-order valence-corrected chi connectivity index (χ2v) is 11.8. The van der Waals surface area contributed by atoms with Crippen molar-refractivity contribution < 1.29 is 14.4 Å². The van der Waals surface area contributed by atoms with Crippen LogP contribution in [0.4, 0.5) is 11.4 Å². The van der Waals surface area contributed by atoms with Crippen LogP contribution in [0.15, 0.2) is 54.6 Å². The number of benzene rings is 3. The van der Waals surface area contributed by atoms with Gasteiger partial charge in [0.1, 0.15) is 11.0 Å². The fourth-order valence-corrected chi connectivity index (χ4v) is 8.45. The first-order valence-corrected chi connectivity index (χ1v) is 13.7. The lowest BCUT2D eigenvalue weighted by Gasteiger charge is -2.43. The topological polar surface area (TPSA) is 78.5 Å². The van der Waals surface area contributed by atoms with Gasteiger partial charge in [0.25, 0.3) is 5.91 Å². The van der Waals surface area contributed by atoms with Crippen molar-refractivity contribution in [3.63, 3.8) is 0 Å². The second kappa shape index (κ2) is 8.06. The van der Waals surface area contributed by atoms with E-state index in [9.17, 15) is 14.4 Å². The molecule has 192 valence electrons. The number of fused-ring (bicyclic) bond motifs is 7. The molecular weight excluding hydrogens is 545 g/mol. The van der Waals surface area contributed by atoms with Gasteiger partial charge < -0.3 is 10.6 Å². The molecule has 4 atom stereocenters. The van der Waals surface area contributed by atoms with Crippen molar-refractivity contribution in [2.75, 3.05) is 17.2 Å². The molecule has 4 heterocycles. The molecule has 2 N–H and O–H groups in total. The largest absolute Gasteiger partial charge is 0.325 e. The molecule has 0 saturated carbocycles. The Bertz CT molecular complexity index is 1610. The average Bonchev–Trinajstić information content (AvgIpc) is 3.58. The van der Waals surface area contributed by atoms with E-state index in [4.69, 9.17) is 34.8 Å². The van der Waals surface area contributed by atoms with E-state index in [-0.39, 0.29) is 34.2 Å². The van der Waals surface area contributed by atoms with Gasteiger partial charge in [-0.2, -0.15) is 0 Å². The molecule has 4 aliphatic rings. The van der Waals surface area contributed by atoms with E-state index < -0.39 is 16.9 Å². The molecule has 2 amide bonds. The highest BCUT2D eigenvalue weighted by Gasteiger charge is 2.81. The first kappa shape index (κ1) is 24.2. The summed E-state index contributed by atoms with van der Waals surface area (Å²) in [5.74, 6) is -1.90. The number of nitrogens with one attached hydrogen (secondary N) is 2. The van der Waals surface area contributed by atoms with Crippen LogP contribution in [0.1, 0.15) is 39.9 Å². The Morgan fingerprint density at radius 1 is 0.947 bits per heavy atom. The third-order valence-corrected chi connectivity index (χ3v) is 9.63. The van der Waals surface area contributed by atoms with Gasteiger partial charge in [-0.15, -0.1) is 0 Å². The molecule has 2 spiro atoms. The molecule has 3 aromatic rings. The Balaban J connectivity index is 1.61. The quantitative estimate of drug-likeness (QED) is 0.375. The van der Waals surface area contributed by atoms with Gasteiger partial charge in [-0.25, -0.2) is 0 Å². The SMILES string of the molecule is Cc1cc(Cl)c2c(c1)[C@]1(C(=O)N2)N2CCC[C@@H]2[C@H](C(=O)c2ccc(Cl)cc2Cl)[C@]12C(=O)Nc1ccccc12. The summed E-state index contributed by atoms with van der Waals surface area (Å²) >= 11 is 19.4. The molecule has 4 aliphatic heterocycles. The summed E-state index contributed by atoms with van der Waals surface area (Å²) in [6, 6.07) is 15.4. The van der Waals surface area contributed by atoms with E-state index >= 15 is 0 Å². The highest BCUT2D eigenvalue weighted by atomic mass is 35.5. The van der Waals surface area contributed by atoms with Crippen LogP contribution in [0, 0.1) is 12.8 Å². The highest BCUT2D eigenvalue weighted by molar-refractivity contribution is 6.37. The summed E-state index contributed by atoms with van der Waals surface area (Å²) in [7, 11) is 0. The summed E-state index contributed by atoms with van der Waals surface area (Å²) < 4.78 is 0. The van der Waals surface area contributed by atoms with Crippen LogP contribution < -0.4 is 10.6 Å². The standard InChI is InChI=1S/C29H22Cl3N3O3/c1-14-11-18-24(20(32)12-14)34-27(38)29(18)28(17-5-2-3-6-21(17)33-26(28)37)23(22-7-4-10-35(22)29)25(36)16-9-8-15(30)13-19(16)31/h2-3,5-6,8-9,11-13,22-23H,4,7,10H2,1H3,(H,33,37)(H,34,38)/t22-,23-,28-,29-/m1/s1. The third kappa shape index (κ3) is 2.71. The van der Waals surface area contributed by atoms with Crippen LogP contribution in [-0.2, 0) is 20.5 Å². The van der Waals surface area contributed by atoms with Gasteiger partial charge in [0.15, 0.2) is 5.78 Å². The van der Waals surface area contributed by atoms with Crippen molar-refractivity contribution in [1.82, 2.24) is 4.90 Å². The normalized spacial score (nSPS) is 28.9. The number of carbonyl (C=O) groups is 3. The Labute approximate surface area is 234 Å². The van der Waals surface area contributed by atoms with E-state index in [1.54, 1.807) is 18.2 Å². The van der Waals surface area contributed by atoms with Crippen molar-refractivity contribution in [3.05, 3.63) is 91.9 Å². The molecular formula is C29H22Cl3N3O3. The van der Waals surface area contributed by atoms with Crippen LogP contribution in [0.25, 0.3) is 0 Å². The van der Waals surface area contributed by atoms with E-state index in [0.717, 1.165) is 12.0 Å². The van der Waals surface area contributed by atoms with Gasteiger partial charge in [0.05, 0.1) is 21.7 Å². The predicted molar refractivity (Wildman–Crippen MR) is 147 cm³/mol. The lowest BCUT2D eigenvalue weighted by molar-refractivity contribution is -0.137. The van der Waals surface area contributed by atoms with Crippen LogP contribution in [0.5, 0.6) is 0 Å². The summed E-state index contributed by atoms with van der Waals surface area (Å²) in [6.45, 7) is 2.46. The van der Waals surface area contributed by atoms with Crippen molar-refractivity contribution in [1.29, 1.82) is 0 Å². The first-order chi connectivity index (χ1) is 18.2. The number of hydrogen-bond donors (Lipinski definition) is 2. The monoisotopic (exact) mass is 565 g/mol. The molecule has 7 rings (SSSR count).